The first-order valence-corrected chi connectivity index (χ1v) is 20.1. The first-order chi connectivity index (χ1) is 28.7. The van der Waals surface area contributed by atoms with E-state index < -0.39 is 5.41 Å². The molecule has 2 nitrogen and oxygen atoms in total. The highest BCUT2D eigenvalue weighted by molar-refractivity contribution is 6.10. The number of nitrogens with zero attached hydrogens (tertiary/aromatic N) is 2. The molecule has 0 fully saturated rings. The summed E-state index contributed by atoms with van der Waals surface area (Å²) in [6.07, 6.45) is 0. The average Bonchev–Trinajstić information content (AvgIpc) is 3.78. The minimum atomic E-state index is -0.487. The molecule has 0 bridgehead atoms. The molecule has 0 amide bonds. The smallest absolute Gasteiger partial charge is 0.0714 e. The minimum absolute atomic E-state index is 0.487. The number of fused-ring (bicyclic) bond motifs is 6. The van der Waals surface area contributed by atoms with Crippen molar-refractivity contribution < 1.29 is 0 Å². The Hall–Kier alpha value is -7.42. The third kappa shape index (κ3) is 5.26. The Morgan fingerprint density at radius 3 is 1.72 bits per heavy atom. The van der Waals surface area contributed by atoms with E-state index in [9.17, 15) is 0 Å². The van der Waals surface area contributed by atoms with Crippen LogP contribution in [-0.4, -0.2) is 4.57 Å². The van der Waals surface area contributed by atoms with E-state index in [0.717, 1.165) is 17.1 Å². The van der Waals surface area contributed by atoms with Crippen LogP contribution >= 0.6 is 0 Å². The van der Waals surface area contributed by atoms with Gasteiger partial charge in [-0.1, -0.05) is 158 Å². The predicted octanol–water partition coefficient (Wildman–Crippen LogP) is 14.6. The zero-order chi connectivity index (χ0) is 38.6. The molecule has 0 atom stereocenters. The van der Waals surface area contributed by atoms with Crippen molar-refractivity contribution in [2.75, 3.05) is 4.90 Å². The van der Waals surface area contributed by atoms with Gasteiger partial charge in [0, 0.05) is 33.5 Å². The third-order valence-corrected chi connectivity index (χ3v) is 12.1. The van der Waals surface area contributed by atoms with Gasteiger partial charge in [0.25, 0.3) is 0 Å². The molecule has 1 heterocycles. The summed E-state index contributed by atoms with van der Waals surface area (Å²) in [5, 5.41) is 2.50. The average molecular weight is 741 g/mol. The Bertz CT molecular complexity index is 3070. The number of aromatic nitrogens is 1. The molecule has 0 saturated heterocycles. The highest BCUT2D eigenvalue weighted by Crippen LogP contribution is 2.57. The van der Waals surface area contributed by atoms with Crippen LogP contribution in [-0.2, 0) is 5.41 Å². The van der Waals surface area contributed by atoms with Crippen LogP contribution in [0.1, 0.15) is 27.8 Å². The number of para-hydroxylation sites is 3. The van der Waals surface area contributed by atoms with Crippen molar-refractivity contribution in [2.24, 2.45) is 0 Å². The molecule has 0 saturated carbocycles. The molecule has 274 valence electrons. The summed E-state index contributed by atoms with van der Waals surface area (Å²) in [4.78, 5) is 2.43. The lowest BCUT2D eigenvalue weighted by Crippen LogP contribution is -2.28. The molecule has 2 heteroatoms. The molecule has 0 N–H and O–H groups in total. The monoisotopic (exact) mass is 740 g/mol. The van der Waals surface area contributed by atoms with Gasteiger partial charge in [0.2, 0.25) is 0 Å². The van der Waals surface area contributed by atoms with E-state index in [1.54, 1.807) is 0 Å². The lowest BCUT2D eigenvalue weighted by Gasteiger charge is -2.35. The highest BCUT2D eigenvalue weighted by Gasteiger charge is 2.46. The van der Waals surface area contributed by atoms with Gasteiger partial charge in [-0.05, 0) is 124 Å². The van der Waals surface area contributed by atoms with Crippen LogP contribution < -0.4 is 4.90 Å². The fourth-order valence-corrected chi connectivity index (χ4v) is 9.66. The number of hydrogen-bond donors (Lipinski definition) is 0. The second kappa shape index (κ2) is 13.7. The van der Waals surface area contributed by atoms with Crippen molar-refractivity contribution in [2.45, 2.75) is 12.3 Å². The Kier molecular flexibility index (Phi) is 7.97. The molecule has 9 aromatic carbocycles. The second-order valence-corrected chi connectivity index (χ2v) is 15.4. The van der Waals surface area contributed by atoms with Crippen LogP contribution in [0.15, 0.2) is 224 Å². The van der Waals surface area contributed by atoms with Gasteiger partial charge < -0.3 is 9.47 Å². The summed E-state index contributed by atoms with van der Waals surface area (Å²) >= 11 is 0. The molecule has 0 aliphatic heterocycles. The molecule has 1 aliphatic carbocycles. The Morgan fingerprint density at radius 1 is 0.379 bits per heavy atom. The van der Waals surface area contributed by atoms with Gasteiger partial charge in [-0.15, -0.1) is 0 Å². The van der Waals surface area contributed by atoms with E-state index in [0.29, 0.717) is 0 Å². The fourth-order valence-electron chi connectivity index (χ4n) is 9.66. The SMILES string of the molecule is Cc1cc(-c2ccc3c(c2)c2ccccc2n3-c2ccccc2)cc(N(c2ccccc2)c2ccc3c(c2)C(c2ccccc2)(c2ccccc2)c2ccccc2-3)c1. The minimum Gasteiger partial charge on any atom is -0.310 e. The molecule has 0 unspecified atom stereocenters. The van der Waals surface area contributed by atoms with Crippen LogP contribution in [0.2, 0.25) is 0 Å². The van der Waals surface area contributed by atoms with Gasteiger partial charge in [0.05, 0.1) is 16.4 Å². The zero-order valence-corrected chi connectivity index (χ0v) is 32.3. The maximum absolute atomic E-state index is 2.45. The summed E-state index contributed by atoms with van der Waals surface area (Å²) in [5.74, 6) is 0. The Labute approximate surface area is 339 Å². The largest absolute Gasteiger partial charge is 0.310 e. The van der Waals surface area contributed by atoms with E-state index in [1.165, 1.54) is 77.6 Å². The molecule has 1 aromatic heterocycles. The number of rotatable bonds is 7. The lowest BCUT2D eigenvalue weighted by molar-refractivity contribution is 0.768. The van der Waals surface area contributed by atoms with Crippen LogP contribution in [0, 0.1) is 6.92 Å². The quantitative estimate of drug-likeness (QED) is 0.158. The van der Waals surface area contributed by atoms with Crippen LogP contribution in [0.3, 0.4) is 0 Å². The highest BCUT2D eigenvalue weighted by atomic mass is 15.1. The van der Waals surface area contributed by atoms with Gasteiger partial charge in [-0.25, -0.2) is 0 Å². The molecule has 1 aliphatic rings. The molecule has 58 heavy (non-hydrogen) atoms. The van der Waals surface area contributed by atoms with Gasteiger partial charge >= 0.3 is 0 Å². The number of hydrogen-bond acceptors (Lipinski definition) is 1. The van der Waals surface area contributed by atoms with E-state index >= 15 is 0 Å². The van der Waals surface area contributed by atoms with Gasteiger partial charge in [-0.3, -0.25) is 0 Å². The molecular weight excluding hydrogens is 701 g/mol. The van der Waals surface area contributed by atoms with Crippen molar-refractivity contribution in [1.82, 2.24) is 4.57 Å². The molecule has 0 spiro atoms. The molecule has 11 rings (SSSR count). The van der Waals surface area contributed by atoms with E-state index in [1.807, 2.05) is 0 Å². The topological polar surface area (TPSA) is 8.17 Å². The Balaban J connectivity index is 1.11. The summed E-state index contributed by atoms with van der Waals surface area (Å²) in [6.45, 7) is 2.21. The van der Waals surface area contributed by atoms with Gasteiger partial charge in [0.15, 0.2) is 0 Å². The lowest BCUT2D eigenvalue weighted by atomic mass is 9.67. The maximum Gasteiger partial charge on any atom is 0.0714 e. The standard InChI is InChI=1S/C56H40N2/c1-39-34-41(40-30-33-55-51(37-40)50-27-15-17-29-54(50)58(55)45-24-12-5-13-25-45)36-47(35-39)57(44-22-10-4-11-23-44)46-31-32-49-48-26-14-16-28-52(48)56(53(49)38-46,42-18-6-2-7-19-42)43-20-8-3-9-21-43/h2-38H,1H3. The fraction of sp³-hybridized carbons (Fsp3) is 0.0357. The molecule has 0 radical (unpaired) electrons. The van der Waals surface area contributed by atoms with Crippen LogP contribution in [0.4, 0.5) is 17.1 Å². The van der Waals surface area contributed by atoms with Gasteiger partial charge in [0.1, 0.15) is 0 Å². The number of anilines is 3. The van der Waals surface area contributed by atoms with Crippen molar-refractivity contribution in [1.29, 1.82) is 0 Å². The second-order valence-electron chi connectivity index (χ2n) is 15.4. The van der Waals surface area contributed by atoms with Crippen molar-refractivity contribution in [3.63, 3.8) is 0 Å². The normalized spacial score (nSPS) is 12.7. The van der Waals surface area contributed by atoms with Crippen LogP contribution in [0.25, 0.3) is 49.7 Å². The van der Waals surface area contributed by atoms with Crippen molar-refractivity contribution >= 4 is 38.9 Å². The van der Waals surface area contributed by atoms with E-state index in [-0.39, 0.29) is 0 Å². The summed E-state index contributed by atoms with van der Waals surface area (Å²) in [7, 11) is 0. The first-order valence-electron chi connectivity index (χ1n) is 20.1. The van der Waals surface area contributed by atoms with Crippen molar-refractivity contribution in [3.05, 3.63) is 252 Å². The van der Waals surface area contributed by atoms with E-state index in [2.05, 4.69) is 241 Å². The summed E-state index contributed by atoms with van der Waals surface area (Å²) in [5.41, 5.74) is 17.7. The molecular formula is C56H40N2. The Morgan fingerprint density at radius 2 is 0.983 bits per heavy atom. The molecule has 10 aromatic rings. The maximum atomic E-state index is 2.45. The van der Waals surface area contributed by atoms with Crippen molar-refractivity contribution in [3.8, 4) is 27.9 Å². The van der Waals surface area contributed by atoms with Crippen LogP contribution in [0.5, 0.6) is 0 Å². The van der Waals surface area contributed by atoms with E-state index in [4.69, 9.17) is 0 Å². The van der Waals surface area contributed by atoms with Gasteiger partial charge in [-0.2, -0.15) is 0 Å². The predicted molar refractivity (Wildman–Crippen MR) is 243 cm³/mol. The first kappa shape index (κ1) is 33.9. The third-order valence-electron chi connectivity index (χ3n) is 12.1. The number of benzene rings is 9. The summed E-state index contributed by atoms with van der Waals surface area (Å²) in [6, 6.07) is 82.4. The zero-order valence-electron chi connectivity index (χ0n) is 32.3. The summed E-state index contributed by atoms with van der Waals surface area (Å²) < 4.78 is 2.38. The number of aryl methyl sites for hydroxylation is 1.